The van der Waals surface area contributed by atoms with E-state index in [1.807, 2.05) is 6.92 Å². The van der Waals surface area contributed by atoms with Crippen molar-refractivity contribution in [2.45, 2.75) is 50.5 Å². The largest absolute Gasteiger partial charge is 0.370 e. The average Bonchev–Trinajstić information content (AvgIpc) is 2.42. The fourth-order valence-corrected chi connectivity index (χ4v) is 4.01. The van der Waals surface area contributed by atoms with E-state index in [1.54, 1.807) is 6.07 Å². The van der Waals surface area contributed by atoms with E-state index in [4.69, 9.17) is 0 Å². The van der Waals surface area contributed by atoms with E-state index < -0.39 is 10.0 Å². The first-order chi connectivity index (χ1) is 9.53. The second-order valence-electron chi connectivity index (χ2n) is 5.40. The summed E-state index contributed by atoms with van der Waals surface area (Å²) in [6, 6.07) is 3.17. The SMILES string of the molecule is CCNc1cc(S(=O)(=O)NC2CCCCC2C)ccn1. The zero-order chi connectivity index (χ0) is 14.6. The summed E-state index contributed by atoms with van der Waals surface area (Å²) in [4.78, 5) is 4.38. The molecule has 0 amide bonds. The Balaban J connectivity index is 2.15. The molecule has 2 N–H and O–H groups in total. The van der Waals surface area contributed by atoms with Crippen LogP contribution in [0, 0.1) is 5.92 Å². The van der Waals surface area contributed by atoms with Gasteiger partial charge in [-0.2, -0.15) is 0 Å². The first-order valence-corrected chi connectivity index (χ1v) is 8.73. The number of nitrogens with one attached hydrogen (secondary N) is 2. The molecule has 1 fully saturated rings. The predicted octanol–water partition coefficient (Wildman–Crippen LogP) is 2.37. The molecule has 6 heteroatoms. The van der Waals surface area contributed by atoms with Gasteiger partial charge in [0.05, 0.1) is 4.90 Å². The molecule has 0 saturated heterocycles. The van der Waals surface area contributed by atoms with E-state index in [0.29, 0.717) is 18.3 Å². The fourth-order valence-electron chi connectivity index (χ4n) is 2.61. The molecule has 0 bridgehead atoms. The maximum Gasteiger partial charge on any atom is 0.241 e. The molecule has 2 atom stereocenters. The molecule has 1 heterocycles. The maximum atomic E-state index is 12.4. The Bertz CT molecular complexity index is 545. The molecular formula is C14H23N3O2S. The van der Waals surface area contributed by atoms with Crippen LogP contribution in [0.1, 0.15) is 39.5 Å². The molecule has 1 aromatic heterocycles. The highest BCUT2D eigenvalue weighted by molar-refractivity contribution is 7.89. The monoisotopic (exact) mass is 297 g/mol. The molecular weight excluding hydrogens is 274 g/mol. The van der Waals surface area contributed by atoms with Crippen LogP contribution in [0.5, 0.6) is 0 Å². The zero-order valence-corrected chi connectivity index (χ0v) is 12.9. The summed E-state index contributed by atoms with van der Waals surface area (Å²) in [6.45, 7) is 4.78. The van der Waals surface area contributed by atoms with Crippen LogP contribution in [0.25, 0.3) is 0 Å². The van der Waals surface area contributed by atoms with Crippen LogP contribution in [0.4, 0.5) is 5.82 Å². The third kappa shape index (κ3) is 3.70. The van der Waals surface area contributed by atoms with Crippen molar-refractivity contribution in [3.8, 4) is 0 Å². The lowest BCUT2D eigenvalue weighted by Crippen LogP contribution is -2.41. The van der Waals surface area contributed by atoms with Gasteiger partial charge in [-0.05, 0) is 31.7 Å². The van der Waals surface area contributed by atoms with E-state index >= 15 is 0 Å². The van der Waals surface area contributed by atoms with E-state index in [-0.39, 0.29) is 10.9 Å². The summed E-state index contributed by atoms with van der Waals surface area (Å²) in [5.74, 6) is 0.987. The van der Waals surface area contributed by atoms with Gasteiger partial charge in [-0.1, -0.05) is 19.8 Å². The van der Waals surface area contributed by atoms with Gasteiger partial charge in [0.2, 0.25) is 10.0 Å². The van der Waals surface area contributed by atoms with Gasteiger partial charge >= 0.3 is 0 Å². The Morgan fingerprint density at radius 3 is 2.80 bits per heavy atom. The predicted molar refractivity (Wildman–Crippen MR) is 80.1 cm³/mol. The Kier molecular flexibility index (Phi) is 4.99. The number of rotatable bonds is 5. The minimum Gasteiger partial charge on any atom is -0.370 e. The molecule has 0 aromatic carbocycles. The molecule has 0 radical (unpaired) electrons. The van der Waals surface area contributed by atoms with E-state index in [0.717, 1.165) is 19.3 Å². The van der Waals surface area contributed by atoms with Crippen LogP contribution < -0.4 is 10.0 Å². The number of pyridine rings is 1. The summed E-state index contributed by atoms with van der Waals surface area (Å²) in [5, 5.41) is 3.03. The number of aromatic nitrogens is 1. The van der Waals surface area contributed by atoms with Crippen molar-refractivity contribution in [1.82, 2.24) is 9.71 Å². The first kappa shape index (κ1) is 15.3. The lowest BCUT2D eigenvalue weighted by molar-refractivity contribution is 0.310. The molecule has 2 unspecified atom stereocenters. The lowest BCUT2D eigenvalue weighted by atomic mass is 9.87. The van der Waals surface area contributed by atoms with Crippen molar-refractivity contribution < 1.29 is 8.42 Å². The average molecular weight is 297 g/mol. The summed E-state index contributed by atoms with van der Waals surface area (Å²) in [7, 11) is -3.46. The number of hydrogen-bond acceptors (Lipinski definition) is 4. The fraction of sp³-hybridized carbons (Fsp3) is 0.643. The van der Waals surface area contributed by atoms with Crippen LogP contribution >= 0.6 is 0 Å². The highest BCUT2D eigenvalue weighted by atomic mass is 32.2. The lowest BCUT2D eigenvalue weighted by Gasteiger charge is -2.29. The Labute approximate surface area is 121 Å². The molecule has 20 heavy (non-hydrogen) atoms. The topological polar surface area (TPSA) is 71.1 Å². The van der Waals surface area contributed by atoms with Crippen LogP contribution in [-0.4, -0.2) is 26.0 Å². The van der Waals surface area contributed by atoms with Gasteiger partial charge in [0.15, 0.2) is 0 Å². The first-order valence-electron chi connectivity index (χ1n) is 7.25. The van der Waals surface area contributed by atoms with Crippen molar-refractivity contribution in [2.24, 2.45) is 5.92 Å². The van der Waals surface area contributed by atoms with Gasteiger partial charge in [0, 0.05) is 24.8 Å². The third-order valence-corrected chi connectivity index (χ3v) is 5.31. The van der Waals surface area contributed by atoms with Crippen molar-refractivity contribution in [1.29, 1.82) is 0 Å². The van der Waals surface area contributed by atoms with Crippen molar-refractivity contribution in [3.05, 3.63) is 18.3 Å². The number of sulfonamides is 1. The molecule has 2 rings (SSSR count). The Morgan fingerprint density at radius 1 is 1.35 bits per heavy atom. The number of hydrogen-bond donors (Lipinski definition) is 2. The minimum absolute atomic E-state index is 0.0458. The number of nitrogens with zero attached hydrogens (tertiary/aromatic N) is 1. The van der Waals surface area contributed by atoms with Crippen molar-refractivity contribution >= 4 is 15.8 Å². The molecule has 1 aliphatic rings. The molecule has 1 saturated carbocycles. The molecule has 0 spiro atoms. The van der Waals surface area contributed by atoms with Crippen molar-refractivity contribution in [3.63, 3.8) is 0 Å². The Morgan fingerprint density at radius 2 is 2.10 bits per heavy atom. The normalized spacial score (nSPS) is 23.5. The van der Waals surface area contributed by atoms with Gasteiger partial charge in [-0.3, -0.25) is 0 Å². The van der Waals surface area contributed by atoms with Gasteiger partial charge < -0.3 is 5.32 Å². The van der Waals surface area contributed by atoms with Gasteiger partial charge in [-0.15, -0.1) is 0 Å². The summed E-state index contributed by atoms with van der Waals surface area (Å²) >= 11 is 0. The van der Waals surface area contributed by atoms with Gasteiger partial charge in [-0.25, -0.2) is 18.1 Å². The van der Waals surface area contributed by atoms with E-state index in [2.05, 4.69) is 21.9 Å². The zero-order valence-electron chi connectivity index (χ0n) is 12.1. The maximum absolute atomic E-state index is 12.4. The van der Waals surface area contributed by atoms with E-state index in [9.17, 15) is 8.42 Å². The minimum atomic E-state index is -3.46. The molecule has 1 aromatic rings. The standard InChI is InChI=1S/C14H23N3O2S/c1-3-15-14-10-12(8-9-16-14)20(18,19)17-13-7-5-4-6-11(13)2/h8-11,13,17H,3-7H2,1-2H3,(H,15,16). The van der Waals surface area contributed by atoms with Crippen LogP contribution in [0.15, 0.2) is 23.2 Å². The highest BCUT2D eigenvalue weighted by Crippen LogP contribution is 2.25. The second-order valence-corrected chi connectivity index (χ2v) is 7.11. The smallest absolute Gasteiger partial charge is 0.241 e. The summed E-state index contributed by atoms with van der Waals surface area (Å²) in [6.07, 6.45) is 5.82. The molecule has 5 nitrogen and oxygen atoms in total. The molecule has 1 aliphatic carbocycles. The van der Waals surface area contributed by atoms with Gasteiger partial charge in [0.25, 0.3) is 0 Å². The van der Waals surface area contributed by atoms with E-state index in [1.165, 1.54) is 18.7 Å². The quantitative estimate of drug-likeness (QED) is 0.875. The highest BCUT2D eigenvalue weighted by Gasteiger charge is 2.26. The third-order valence-electron chi connectivity index (χ3n) is 3.82. The van der Waals surface area contributed by atoms with Crippen molar-refractivity contribution in [2.75, 3.05) is 11.9 Å². The van der Waals surface area contributed by atoms with Crippen LogP contribution in [0.3, 0.4) is 0 Å². The summed E-state index contributed by atoms with van der Waals surface area (Å²) < 4.78 is 27.7. The number of anilines is 1. The van der Waals surface area contributed by atoms with Crippen LogP contribution in [0.2, 0.25) is 0 Å². The molecule has 0 aliphatic heterocycles. The summed E-state index contributed by atoms with van der Waals surface area (Å²) in [5.41, 5.74) is 0. The molecule has 112 valence electrons. The van der Waals surface area contributed by atoms with Gasteiger partial charge in [0.1, 0.15) is 5.82 Å². The Hall–Kier alpha value is -1.14. The second kappa shape index (κ2) is 6.54. The van der Waals surface area contributed by atoms with Crippen LogP contribution in [-0.2, 0) is 10.0 Å².